The first-order chi connectivity index (χ1) is 35.2. The van der Waals surface area contributed by atoms with Gasteiger partial charge in [-0.25, -0.2) is 4.79 Å². The highest BCUT2D eigenvalue weighted by Crippen LogP contribution is 2.82. The molecule has 0 unspecified atom stereocenters. The van der Waals surface area contributed by atoms with Gasteiger partial charge in [0.25, 0.3) is 0 Å². The fourth-order valence-corrected chi connectivity index (χ4v) is 17.4. The minimum Gasteiger partial charge on any atom is -0.494 e. The summed E-state index contributed by atoms with van der Waals surface area (Å²) in [5, 5.41) is 9.74. The van der Waals surface area contributed by atoms with E-state index in [1.807, 2.05) is 28.7 Å². The molecule has 2 aromatic heterocycles. The second-order valence-corrected chi connectivity index (χ2v) is 24.2. The van der Waals surface area contributed by atoms with Crippen LogP contribution in [0.25, 0.3) is 26.3 Å². The Labute approximate surface area is 434 Å². The van der Waals surface area contributed by atoms with Gasteiger partial charge >= 0.3 is 5.97 Å². The Morgan fingerprint density at radius 3 is 1.68 bits per heavy atom. The topological polar surface area (TPSA) is 71.4 Å². The molecular formula is C63H62N2O4S3. The fourth-order valence-electron chi connectivity index (χ4n) is 9.90. The Balaban J connectivity index is 0.999. The molecule has 366 valence electrons. The number of allylic oxidation sites excluding steroid dienone is 1. The Kier molecular flexibility index (Phi) is 14.7. The monoisotopic (exact) mass is 1010 g/mol. The second kappa shape index (κ2) is 21.6. The van der Waals surface area contributed by atoms with Gasteiger partial charge in [-0.15, -0.1) is 32.7 Å². The number of nitrogens with zero attached hydrogens (tertiary/aromatic N) is 2. The van der Waals surface area contributed by atoms with Crippen LogP contribution in [0.2, 0.25) is 0 Å². The number of hydrogen-bond acceptors (Lipinski definition) is 7. The van der Waals surface area contributed by atoms with E-state index in [2.05, 4.69) is 190 Å². The lowest BCUT2D eigenvalue weighted by Gasteiger charge is -2.38. The molecule has 72 heavy (non-hydrogen) atoms. The van der Waals surface area contributed by atoms with E-state index in [1.54, 1.807) is 12.1 Å². The molecule has 10 rings (SSSR count). The smallest absolute Gasteiger partial charge is 0.335 e. The lowest BCUT2D eigenvalue weighted by molar-refractivity contribution is 0.0696. The molecule has 0 saturated heterocycles. The van der Waals surface area contributed by atoms with Crippen LogP contribution in [-0.2, 0) is 5.41 Å². The first kappa shape index (κ1) is 49.0. The number of carbonyl (C=O) groups is 1. The number of benzene rings is 6. The van der Waals surface area contributed by atoms with Gasteiger partial charge in [-0.1, -0.05) is 115 Å². The zero-order chi connectivity index (χ0) is 49.7. The lowest BCUT2D eigenvalue weighted by Crippen LogP contribution is -2.24. The maximum Gasteiger partial charge on any atom is 0.335 e. The number of rotatable bonds is 21. The van der Waals surface area contributed by atoms with Crippen LogP contribution in [0.15, 0.2) is 194 Å². The number of fused-ring (bicyclic) bond motifs is 4. The van der Waals surface area contributed by atoms with E-state index in [0.29, 0.717) is 0 Å². The van der Waals surface area contributed by atoms with Crippen molar-refractivity contribution in [1.29, 1.82) is 0 Å². The minimum atomic E-state index is -1.87. The van der Waals surface area contributed by atoms with Crippen molar-refractivity contribution in [3.63, 3.8) is 0 Å². The van der Waals surface area contributed by atoms with Crippen molar-refractivity contribution in [3.8, 4) is 31.7 Å². The molecule has 0 spiro atoms. The van der Waals surface area contributed by atoms with Crippen molar-refractivity contribution in [1.82, 2.24) is 0 Å². The van der Waals surface area contributed by atoms with Crippen molar-refractivity contribution in [2.24, 2.45) is 4.99 Å². The van der Waals surface area contributed by atoms with Gasteiger partial charge in [-0.3, -0.25) is 4.99 Å². The van der Waals surface area contributed by atoms with Crippen LogP contribution in [0, 0.1) is 0 Å². The van der Waals surface area contributed by atoms with E-state index in [0.717, 1.165) is 76.5 Å². The minimum absolute atomic E-state index is 0.280. The summed E-state index contributed by atoms with van der Waals surface area (Å²) >= 11 is 3.73. The maximum absolute atomic E-state index is 11.9. The number of carboxylic acids is 1. The van der Waals surface area contributed by atoms with E-state index < -0.39 is 21.4 Å². The van der Waals surface area contributed by atoms with Crippen LogP contribution in [-0.4, -0.2) is 30.0 Å². The Bertz CT molecular complexity index is 3110. The molecule has 9 heteroatoms. The summed E-state index contributed by atoms with van der Waals surface area (Å²) in [5.74, 6) is 0.848. The van der Waals surface area contributed by atoms with Gasteiger partial charge in [0.15, 0.2) is 0 Å². The van der Waals surface area contributed by atoms with Gasteiger partial charge in [0, 0.05) is 51.8 Å². The van der Waals surface area contributed by atoms with Crippen molar-refractivity contribution >= 4 is 73.2 Å². The zero-order valence-corrected chi connectivity index (χ0v) is 44.1. The molecule has 0 amide bonds. The molecule has 0 fully saturated rings. The van der Waals surface area contributed by atoms with Gasteiger partial charge in [0.2, 0.25) is 0 Å². The number of thiophene rings is 2. The lowest BCUT2D eigenvalue weighted by atomic mass is 9.81. The number of carboxylic acid groups (broad SMARTS) is 1. The third-order valence-electron chi connectivity index (χ3n) is 13.8. The summed E-state index contributed by atoms with van der Waals surface area (Å²) in [5.41, 5.74) is 6.86. The van der Waals surface area contributed by atoms with Gasteiger partial charge in [-0.2, -0.15) is 0 Å². The van der Waals surface area contributed by atoms with E-state index in [9.17, 15) is 9.90 Å². The number of aliphatic imine (C=N–C) groups is 1. The van der Waals surface area contributed by atoms with Crippen LogP contribution in [0.3, 0.4) is 0 Å². The molecule has 0 radical (unpaired) electrons. The van der Waals surface area contributed by atoms with Crippen LogP contribution in [0.1, 0.15) is 99.9 Å². The molecule has 8 aromatic rings. The molecule has 2 aliphatic rings. The van der Waals surface area contributed by atoms with Crippen LogP contribution in [0.4, 0.5) is 22.7 Å². The third kappa shape index (κ3) is 9.70. The normalized spacial score (nSPS) is 14.4. The van der Waals surface area contributed by atoms with E-state index in [-0.39, 0.29) is 5.56 Å². The van der Waals surface area contributed by atoms with Crippen LogP contribution < -0.4 is 14.4 Å². The number of hydrogen-bond donors (Lipinski definition) is 1. The molecule has 0 aliphatic carbocycles. The first-order valence-electron chi connectivity index (χ1n) is 25.4. The number of anilines is 3. The largest absolute Gasteiger partial charge is 0.494 e. The van der Waals surface area contributed by atoms with E-state index in [4.69, 9.17) is 14.5 Å². The van der Waals surface area contributed by atoms with E-state index in [1.165, 1.54) is 78.3 Å². The van der Waals surface area contributed by atoms with Gasteiger partial charge in [0.05, 0.1) is 39.9 Å². The molecule has 2 aliphatic heterocycles. The summed E-state index contributed by atoms with van der Waals surface area (Å²) < 4.78 is 12.3. The highest BCUT2D eigenvalue weighted by Gasteiger charge is 2.45. The third-order valence-corrected chi connectivity index (χ3v) is 20.4. The highest BCUT2D eigenvalue weighted by atomic mass is 32.3. The van der Waals surface area contributed by atoms with Gasteiger partial charge in [0.1, 0.15) is 11.5 Å². The predicted octanol–water partition coefficient (Wildman–Crippen LogP) is 19.0. The van der Waals surface area contributed by atoms with Crippen molar-refractivity contribution in [3.05, 3.63) is 186 Å². The average molecular weight is 1010 g/mol. The van der Waals surface area contributed by atoms with Gasteiger partial charge in [-0.05, 0) is 151 Å². The van der Waals surface area contributed by atoms with E-state index >= 15 is 0 Å². The summed E-state index contributed by atoms with van der Waals surface area (Å²) in [7, 11) is -1.87. The van der Waals surface area contributed by atoms with Crippen molar-refractivity contribution in [2.75, 3.05) is 18.1 Å². The number of unbranched alkanes of at least 4 members (excludes halogenated alkanes) is 6. The number of ether oxygens (including phenoxy) is 2. The van der Waals surface area contributed by atoms with Crippen molar-refractivity contribution in [2.45, 2.75) is 104 Å². The average Bonchev–Trinajstić information content (AvgIpc) is 4.16. The summed E-state index contributed by atoms with van der Waals surface area (Å²) in [6, 6.07) is 58.3. The maximum atomic E-state index is 11.9. The molecule has 0 atom stereocenters. The summed E-state index contributed by atoms with van der Waals surface area (Å²) in [4.78, 5) is 29.6. The summed E-state index contributed by atoms with van der Waals surface area (Å²) in [6.45, 7) is 10.2. The second-order valence-electron chi connectivity index (χ2n) is 19.1. The Hall–Kier alpha value is -6.65. The fraction of sp³-hybridized carbons (Fsp3) is 0.238. The molecular weight excluding hydrogens is 945 g/mol. The SMILES string of the molecule is CCCCCCOc1ccc(N(c2ccc(OCCCCCC)cc2)c2ccc(-c3cc4c(s3)-c3sc(/C=C/C5=Nc6ccc(C(=O)O)cc6C5(C)C)cc3S4(c3ccccc3)c3ccccc3)cc2)cc1. The molecule has 1 N–H and O–H groups in total. The predicted molar refractivity (Wildman–Crippen MR) is 303 cm³/mol. The Morgan fingerprint density at radius 1 is 0.611 bits per heavy atom. The Morgan fingerprint density at radius 2 is 1.14 bits per heavy atom. The van der Waals surface area contributed by atoms with Gasteiger partial charge < -0.3 is 19.5 Å². The quantitative estimate of drug-likeness (QED) is 0.0726. The molecule has 6 aromatic carbocycles. The number of aromatic carboxylic acids is 1. The standard InChI is InChI=1S/C63H62N2O4S3/c1-5-7-9-17-39-68-49-32-28-47(29-33-49)65(48-30-34-50(35-31-48)69-40-18-10-8-6-2)46-26-23-44(24-27-46)56-43-58-61(71-56)60-57(72(58,52-19-13-11-14-20-52)53-21-15-12-16-22-53)42-51(70-60)36-38-59-63(3,4)54-41-45(62(66)67)25-37-55(54)64-59/h11-16,19-38,41-43H,5-10,17-18,39-40H2,1-4H3,(H,66,67)/b38-36+. The molecule has 0 saturated carbocycles. The molecule has 0 bridgehead atoms. The first-order valence-corrected chi connectivity index (χ1v) is 28.7. The van der Waals surface area contributed by atoms with Crippen molar-refractivity contribution < 1.29 is 19.4 Å². The highest BCUT2D eigenvalue weighted by molar-refractivity contribution is 8.34. The zero-order valence-electron chi connectivity index (χ0n) is 41.6. The molecule has 6 nitrogen and oxygen atoms in total. The van der Waals surface area contributed by atoms with Crippen LogP contribution >= 0.6 is 32.7 Å². The summed E-state index contributed by atoms with van der Waals surface area (Å²) in [6.07, 6.45) is 13.7. The molecule has 4 heterocycles. The van der Waals surface area contributed by atoms with Crippen LogP contribution in [0.5, 0.6) is 11.5 Å².